The molecule has 2 rings (SSSR count). The molecule has 2 atom stereocenters. The van der Waals surface area contributed by atoms with Gasteiger partial charge in [0.15, 0.2) is 0 Å². The van der Waals surface area contributed by atoms with Crippen LogP contribution in [0.15, 0.2) is 22.7 Å². The molecule has 1 aromatic carbocycles. The van der Waals surface area contributed by atoms with Crippen molar-refractivity contribution < 1.29 is 9.84 Å². The third kappa shape index (κ3) is 2.83. The number of morpholine rings is 1. The Kier molecular flexibility index (Phi) is 4.23. The van der Waals surface area contributed by atoms with Crippen molar-refractivity contribution in [1.29, 1.82) is 5.26 Å². The predicted octanol–water partition coefficient (Wildman–Crippen LogP) is 1.91. The Hall–Kier alpha value is -1.09. The average molecular weight is 311 g/mol. The van der Waals surface area contributed by atoms with Crippen molar-refractivity contribution in [2.75, 3.05) is 24.6 Å². The standard InChI is InChI=1S/C13H15BrN2O2/c1-9-6-16(7-12(8-17)18-9)13-3-2-11(14)4-10(13)5-15/h2-4,9,12,17H,6-8H2,1H3. The van der Waals surface area contributed by atoms with Gasteiger partial charge in [-0.1, -0.05) is 15.9 Å². The van der Waals surface area contributed by atoms with Crippen LogP contribution in [0.3, 0.4) is 0 Å². The lowest BCUT2D eigenvalue weighted by Crippen LogP contribution is -2.48. The van der Waals surface area contributed by atoms with Crippen LogP contribution in [0.1, 0.15) is 12.5 Å². The number of hydrogen-bond acceptors (Lipinski definition) is 4. The summed E-state index contributed by atoms with van der Waals surface area (Å²) in [5.41, 5.74) is 1.53. The Balaban J connectivity index is 2.28. The second kappa shape index (κ2) is 5.70. The van der Waals surface area contributed by atoms with Crippen LogP contribution in [0.4, 0.5) is 5.69 Å². The summed E-state index contributed by atoms with van der Waals surface area (Å²) < 4.78 is 6.49. The lowest BCUT2D eigenvalue weighted by atomic mass is 10.1. The van der Waals surface area contributed by atoms with Gasteiger partial charge in [-0.05, 0) is 25.1 Å². The van der Waals surface area contributed by atoms with Gasteiger partial charge in [0.1, 0.15) is 6.07 Å². The van der Waals surface area contributed by atoms with Crippen molar-refractivity contribution in [3.63, 3.8) is 0 Å². The molecule has 5 heteroatoms. The maximum Gasteiger partial charge on any atom is 0.101 e. The van der Waals surface area contributed by atoms with Crippen molar-refractivity contribution in [3.05, 3.63) is 28.2 Å². The largest absolute Gasteiger partial charge is 0.394 e. The number of halogens is 1. The Bertz CT molecular complexity index is 473. The molecule has 18 heavy (non-hydrogen) atoms. The molecule has 96 valence electrons. The summed E-state index contributed by atoms with van der Waals surface area (Å²) >= 11 is 3.36. The zero-order valence-electron chi connectivity index (χ0n) is 10.1. The van der Waals surface area contributed by atoms with Crippen LogP contribution in [0.25, 0.3) is 0 Å². The van der Waals surface area contributed by atoms with Crippen molar-refractivity contribution in [2.24, 2.45) is 0 Å². The van der Waals surface area contributed by atoms with Gasteiger partial charge >= 0.3 is 0 Å². The smallest absolute Gasteiger partial charge is 0.101 e. The van der Waals surface area contributed by atoms with E-state index in [0.29, 0.717) is 12.1 Å². The highest BCUT2D eigenvalue weighted by Gasteiger charge is 2.26. The van der Waals surface area contributed by atoms with E-state index in [4.69, 9.17) is 4.74 Å². The van der Waals surface area contributed by atoms with E-state index >= 15 is 0 Å². The minimum absolute atomic E-state index is 0.000739. The van der Waals surface area contributed by atoms with Gasteiger partial charge < -0.3 is 14.7 Å². The fourth-order valence-electron chi connectivity index (χ4n) is 2.22. The summed E-state index contributed by atoms with van der Waals surface area (Å²) in [4.78, 5) is 2.10. The zero-order valence-corrected chi connectivity index (χ0v) is 11.7. The van der Waals surface area contributed by atoms with E-state index in [-0.39, 0.29) is 18.8 Å². The molecule has 1 fully saturated rings. The second-order valence-electron chi connectivity index (χ2n) is 4.43. The molecule has 0 aliphatic carbocycles. The van der Waals surface area contributed by atoms with Crippen molar-refractivity contribution in [3.8, 4) is 6.07 Å². The van der Waals surface area contributed by atoms with Gasteiger partial charge in [0.2, 0.25) is 0 Å². The first-order chi connectivity index (χ1) is 8.63. The van der Waals surface area contributed by atoms with E-state index in [1.54, 1.807) is 0 Å². The summed E-state index contributed by atoms with van der Waals surface area (Å²) in [6.45, 7) is 3.31. The van der Waals surface area contributed by atoms with Crippen LogP contribution in [0.2, 0.25) is 0 Å². The minimum atomic E-state index is -0.191. The maximum atomic E-state index is 9.22. The molecule has 1 aliphatic rings. The number of benzene rings is 1. The van der Waals surface area contributed by atoms with Gasteiger partial charge in [0, 0.05) is 17.6 Å². The third-order valence-electron chi connectivity index (χ3n) is 2.95. The first kappa shape index (κ1) is 13.3. The van der Waals surface area contributed by atoms with Gasteiger partial charge in [-0.15, -0.1) is 0 Å². The Labute approximate surface area is 115 Å². The summed E-state index contributed by atoms with van der Waals surface area (Å²) in [5.74, 6) is 0. The van der Waals surface area contributed by atoms with Gasteiger partial charge in [-0.3, -0.25) is 0 Å². The van der Waals surface area contributed by atoms with Crippen LogP contribution in [-0.2, 0) is 4.74 Å². The van der Waals surface area contributed by atoms with E-state index in [0.717, 1.165) is 16.7 Å². The van der Waals surface area contributed by atoms with Crippen LogP contribution in [-0.4, -0.2) is 37.0 Å². The molecule has 0 spiro atoms. The Morgan fingerprint density at radius 1 is 1.56 bits per heavy atom. The number of anilines is 1. The normalized spacial score (nSPS) is 23.8. The molecule has 0 radical (unpaired) electrons. The van der Waals surface area contributed by atoms with E-state index in [1.807, 2.05) is 25.1 Å². The second-order valence-corrected chi connectivity index (χ2v) is 5.35. The molecule has 1 aliphatic heterocycles. The number of nitrogens with zero attached hydrogens (tertiary/aromatic N) is 2. The summed E-state index contributed by atoms with van der Waals surface area (Å²) in [7, 11) is 0. The molecule has 1 N–H and O–H groups in total. The van der Waals surface area contributed by atoms with Crippen LogP contribution < -0.4 is 4.90 Å². The Morgan fingerprint density at radius 3 is 3.00 bits per heavy atom. The van der Waals surface area contributed by atoms with Crippen LogP contribution in [0.5, 0.6) is 0 Å². The van der Waals surface area contributed by atoms with E-state index in [2.05, 4.69) is 26.9 Å². The predicted molar refractivity (Wildman–Crippen MR) is 72.5 cm³/mol. The highest BCUT2D eigenvalue weighted by atomic mass is 79.9. The lowest BCUT2D eigenvalue weighted by molar-refractivity contribution is -0.0421. The molecule has 2 unspecified atom stereocenters. The summed E-state index contributed by atoms with van der Waals surface area (Å²) in [6, 6.07) is 7.86. The van der Waals surface area contributed by atoms with Gasteiger partial charge in [-0.2, -0.15) is 5.26 Å². The van der Waals surface area contributed by atoms with Crippen LogP contribution in [0, 0.1) is 11.3 Å². The number of aliphatic hydroxyl groups excluding tert-OH is 1. The number of nitriles is 1. The lowest BCUT2D eigenvalue weighted by Gasteiger charge is -2.37. The molecule has 0 saturated carbocycles. The monoisotopic (exact) mass is 310 g/mol. The SMILES string of the molecule is CC1CN(c2ccc(Br)cc2C#N)CC(CO)O1. The fourth-order valence-corrected chi connectivity index (χ4v) is 2.58. The maximum absolute atomic E-state index is 9.22. The number of rotatable bonds is 2. The topological polar surface area (TPSA) is 56.5 Å². The first-order valence-electron chi connectivity index (χ1n) is 5.85. The summed E-state index contributed by atoms with van der Waals surface area (Å²) in [6.07, 6.45) is -0.143. The first-order valence-corrected chi connectivity index (χ1v) is 6.64. The highest BCUT2D eigenvalue weighted by Crippen LogP contribution is 2.26. The third-order valence-corrected chi connectivity index (χ3v) is 3.44. The molecule has 1 aromatic rings. The molecule has 0 aromatic heterocycles. The van der Waals surface area contributed by atoms with Crippen molar-refractivity contribution in [1.82, 2.24) is 0 Å². The fraction of sp³-hybridized carbons (Fsp3) is 0.462. The van der Waals surface area contributed by atoms with Crippen molar-refractivity contribution >= 4 is 21.6 Å². The van der Waals surface area contributed by atoms with Gasteiger partial charge in [0.25, 0.3) is 0 Å². The molecule has 0 amide bonds. The molecule has 0 bridgehead atoms. The molecular weight excluding hydrogens is 296 g/mol. The number of hydrogen-bond donors (Lipinski definition) is 1. The zero-order chi connectivity index (χ0) is 13.1. The molecular formula is C13H15BrN2O2. The highest BCUT2D eigenvalue weighted by molar-refractivity contribution is 9.10. The van der Waals surface area contributed by atoms with Crippen LogP contribution >= 0.6 is 15.9 Å². The number of ether oxygens (including phenoxy) is 1. The average Bonchev–Trinajstić information content (AvgIpc) is 2.37. The Morgan fingerprint density at radius 2 is 2.33 bits per heavy atom. The molecule has 4 nitrogen and oxygen atoms in total. The van der Waals surface area contributed by atoms with E-state index < -0.39 is 0 Å². The van der Waals surface area contributed by atoms with Gasteiger partial charge in [-0.25, -0.2) is 0 Å². The molecule has 1 saturated heterocycles. The van der Waals surface area contributed by atoms with Crippen molar-refractivity contribution in [2.45, 2.75) is 19.1 Å². The van der Waals surface area contributed by atoms with E-state index in [9.17, 15) is 10.4 Å². The molecule has 1 heterocycles. The quantitative estimate of drug-likeness (QED) is 0.906. The number of aliphatic hydroxyl groups is 1. The minimum Gasteiger partial charge on any atom is -0.394 e. The summed E-state index contributed by atoms with van der Waals surface area (Å²) in [5, 5.41) is 18.4. The van der Waals surface area contributed by atoms with E-state index in [1.165, 1.54) is 0 Å². The van der Waals surface area contributed by atoms with Gasteiger partial charge in [0.05, 0.1) is 30.1 Å².